The largest absolute Gasteiger partial charge is 0.416 e. The van der Waals surface area contributed by atoms with Gasteiger partial charge in [0.1, 0.15) is 0 Å². The molecule has 1 saturated heterocycles. The van der Waals surface area contributed by atoms with E-state index in [1.807, 2.05) is 0 Å². The second-order valence-electron chi connectivity index (χ2n) is 4.84. The van der Waals surface area contributed by atoms with Gasteiger partial charge in [-0.25, -0.2) is 0 Å². The van der Waals surface area contributed by atoms with Crippen molar-refractivity contribution in [2.24, 2.45) is 0 Å². The molecule has 1 aromatic rings. The van der Waals surface area contributed by atoms with Crippen LogP contribution >= 0.6 is 24.8 Å². The third kappa shape index (κ3) is 5.21. The molecule has 9 heteroatoms. The normalized spacial score (nSPS) is 19.1. The van der Waals surface area contributed by atoms with Crippen molar-refractivity contribution in [1.82, 2.24) is 5.32 Å². The van der Waals surface area contributed by atoms with Crippen LogP contribution in [-0.2, 0) is 12.4 Å². The van der Waals surface area contributed by atoms with E-state index in [2.05, 4.69) is 5.32 Å². The Bertz CT molecular complexity index is 448. The van der Waals surface area contributed by atoms with Gasteiger partial charge in [-0.15, -0.1) is 24.8 Å². The molecule has 0 spiro atoms. The summed E-state index contributed by atoms with van der Waals surface area (Å²) < 4.78 is 76.3. The van der Waals surface area contributed by atoms with Crippen LogP contribution in [0.1, 0.15) is 42.0 Å². The first-order chi connectivity index (χ1) is 9.18. The van der Waals surface area contributed by atoms with Crippen LogP contribution in [0.15, 0.2) is 18.2 Å². The lowest BCUT2D eigenvalue weighted by Crippen LogP contribution is -2.27. The van der Waals surface area contributed by atoms with E-state index in [0.29, 0.717) is 13.0 Å². The van der Waals surface area contributed by atoms with Crippen molar-refractivity contribution in [3.8, 4) is 0 Å². The first-order valence-electron chi connectivity index (χ1n) is 6.21. The summed E-state index contributed by atoms with van der Waals surface area (Å²) in [4.78, 5) is 0. The van der Waals surface area contributed by atoms with E-state index in [-0.39, 0.29) is 36.4 Å². The highest BCUT2D eigenvalue weighted by Crippen LogP contribution is 2.38. The Labute approximate surface area is 136 Å². The van der Waals surface area contributed by atoms with Crippen LogP contribution in [0.25, 0.3) is 0 Å². The van der Waals surface area contributed by atoms with Gasteiger partial charge in [-0.3, -0.25) is 0 Å². The van der Waals surface area contributed by atoms with E-state index in [9.17, 15) is 26.3 Å². The van der Waals surface area contributed by atoms with Crippen LogP contribution in [-0.4, -0.2) is 6.54 Å². The van der Waals surface area contributed by atoms with Gasteiger partial charge in [-0.2, -0.15) is 26.3 Å². The molecule has 1 heterocycles. The predicted octanol–water partition coefficient (Wildman–Crippen LogP) is 5.38. The predicted molar refractivity (Wildman–Crippen MR) is 75.5 cm³/mol. The van der Waals surface area contributed by atoms with Crippen LogP contribution in [0.2, 0.25) is 0 Å². The van der Waals surface area contributed by atoms with Crippen molar-refractivity contribution in [3.63, 3.8) is 0 Å². The number of piperidine rings is 1. The Morgan fingerprint density at radius 3 is 1.68 bits per heavy atom. The molecule has 0 aliphatic carbocycles. The quantitative estimate of drug-likeness (QED) is 0.655. The van der Waals surface area contributed by atoms with E-state index in [0.717, 1.165) is 25.0 Å². The molecule has 22 heavy (non-hydrogen) atoms. The van der Waals surface area contributed by atoms with Crippen molar-refractivity contribution in [1.29, 1.82) is 0 Å². The summed E-state index contributed by atoms with van der Waals surface area (Å²) in [6.07, 6.45) is -7.37. The molecular formula is C13H15Cl2F6N. The molecule has 1 N–H and O–H groups in total. The number of hydrogen-bond acceptors (Lipinski definition) is 1. The zero-order valence-electron chi connectivity index (χ0n) is 11.2. The third-order valence-electron chi connectivity index (χ3n) is 3.32. The third-order valence-corrected chi connectivity index (χ3v) is 3.32. The first kappa shape index (κ1) is 21.3. The number of benzene rings is 1. The summed E-state index contributed by atoms with van der Waals surface area (Å²) in [7, 11) is 0. The Balaban J connectivity index is 0.00000220. The highest BCUT2D eigenvalue weighted by Gasteiger charge is 2.37. The monoisotopic (exact) mass is 369 g/mol. The summed E-state index contributed by atoms with van der Waals surface area (Å²) in [5, 5.41) is 2.96. The molecule has 1 atom stereocenters. The lowest BCUT2D eigenvalue weighted by Gasteiger charge is -2.25. The molecule has 1 aliphatic heterocycles. The summed E-state index contributed by atoms with van der Waals surface area (Å²) in [5.41, 5.74) is -2.46. The summed E-state index contributed by atoms with van der Waals surface area (Å²) >= 11 is 0. The van der Waals surface area contributed by atoms with E-state index in [4.69, 9.17) is 0 Å². The van der Waals surface area contributed by atoms with Crippen LogP contribution in [0, 0.1) is 0 Å². The molecule has 0 radical (unpaired) electrons. The van der Waals surface area contributed by atoms with Crippen molar-refractivity contribution in [3.05, 3.63) is 34.9 Å². The molecule has 1 aliphatic rings. The van der Waals surface area contributed by atoms with Crippen LogP contribution < -0.4 is 5.32 Å². The standard InChI is InChI=1S/C13H13F6N.2ClH/c14-12(15,16)9-5-8(11-3-1-2-4-20-11)6-10(7-9)13(17,18)19;;/h5-7,11,20H,1-4H2;2*1H. The van der Waals surface area contributed by atoms with Gasteiger partial charge in [0.2, 0.25) is 0 Å². The maximum atomic E-state index is 12.7. The van der Waals surface area contributed by atoms with Gasteiger partial charge in [-0.05, 0) is 43.1 Å². The molecule has 1 nitrogen and oxygen atoms in total. The Morgan fingerprint density at radius 2 is 1.32 bits per heavy atom. The first-order valence-corrected chi connectivity index (χ1v) is 6.21. The van der Waals surface area contributed by atoms with E-state index in [1.54, 1.807) is 0 Å². The molecule has 0 bridgehead atoms. The number of rotatable bonds is 1. The maximum Gasteiger partial charge on any atom is 0.416 e. The topological polar surface area (TPSA) is 12.0 Å². The second-order valence-corrected chi connectivity index (χ2v) is 4.84. The summed E-state index contributed by atoms with van der Waals surface area (Å²) in [6, 6.07) is 1.31. The van der Waals surface area contributed by atoms with E-state index in [1.165, 1.54) is 0 Å². The zero-order chi connectivity index (χ0) is 15.0. The second kappa shape index (κ2) is 7.75. The summed E-state index contributed by atoms with van der Waals surface area (Å²) in [5.74, 6) is 0. The van der Waals surface area contributed by atoms with Gasteiger partial charge in [0, 0.05) is 6.04 Å². The molecule has 1 fully saturated rings. The van der Waals surface area contributed by atoms with Gasteiger partial charge in [0.25, 0.3) is 0 Å². The van der Waals surface area contributed by atoms with Gasteiger partial charge in [0.05, 0.1) is 11.1 Å². The van der Waals surface area contributed by atoms with E-state index < -0.39 is 29.5 Å². The zero-order valence-corrected chi connectivity index (χ0v) is 12.9. The van der Waals surface area contributed by atoms with Crippen molar-refractivity contribution in [2.45, 2.75) is 37.7 Å². The van der Waals surface area contributed by atoms with Gasteiger partial charge >= 0.3 is 12.4 Å². The Kier molecular flexibility index (Phi) is 7.51. The Hall–Kier alpha value is -0.660. The minimum atomic E-state index is -4.79. The lowest BCUT2D eigenvalue weighted by molar-refractivity contribution is -0.143. The SMILES string of the molecule is Cl.Cl.FC(F)(F)c1cc(C2CCCCN2)cc(C(F)(F)F)c1. The van der Waals surface area contributed by atoms with Crippen molar-refractivity contribution in [2.75, 3.05) is 6.54 Å². The molecule has 1 unspecified atom stereocenters. The molecule has 0 saturated carbocycles. The molecule has 2 rings (SSSR count). The minimum absolute atomic E-state index is 0. The number of halogens is 8. The lowest BCUT2D eigenvalue weighted by atomic mass is 9.94. The maximum absolute atomic E-state index is 12.7. The molecule has 128 valence electrons. The highest BCUT2D eigenvalue weighted by atomic mass is 35.5. The van der Waals surface area contributed by atoms with Gasteiger partial charge in [-0.1, -0.05) is 6.42 Å². The number of nitrogens with one attached hydrogen (secondary N) is 1. The van der Waals surface area contributed by atoms with Crippen molar-refractivity contribution >= 4 is 24.8 Å². The van der Waals surface area contributed by atoms with Gasteiger partial charge < -0.3 is 5.32 Å². The van der Waals surface area contributed by atoms with Crippen LogP contribution in [0.5, 0.6) is 0 Å². The fraction of sp³-hybridized carbons (Fsp3) is 0.538. The fourth-order valence-corrected chi connectivity index (χ4v) is 2.32. The molecule has 0 amide bonds. The summed E-state index contributed by atoms with van der Waals surface area (Å²) in [6.45, 7) is 0.599. The van der Waals surface area contributed by atoms with Crippen LogP contribution in [0.3, 0.4) is 0 Å². The Morgan fingerprint density at radius 1 is 0.818 bits per heavy atom. The van der Waals surface area contributed by atoms with Gasteiger partial charge in [0.15, 0.2) is 0 Å². The fourth-order valence-electron chi connectivity index (χ4n) is 2.32. The average Bonchev–Trinajstić information content (AvgIpc) is 2.37. The van der Waals surface area contributed by atoms with Crippen LogP contribution in [0.4, 0.5) is 26.3 Å². The smallest absolute Gasteiger partial charge is 0.310 e. The minimum Gasteiger partial charge on any atom is -0.310 e. The molecular weight excluding hydrogens is 355 g/mol. The van der Waals surface area contributed by atoms with Crippen molar-refractivity contribution < 1.29 is 26.3 Å². The average molecular weight is 370 g/mol. The molecule has 0 aromatic heterocycles. The molecule has 1 aromatic carbocycles. The van der Waals surface area contributed by atoms with E-state index >= 15 is 0 Å². The highest BCUT2D eigenvalue weighted by molar-refractivity contribution is 5.85. The number of alkyl halides is 6. The number of hydrogen-bond donors (Lipinski definition) is 1.